The molecule has 3 rings (SSSR count). The lowest BCUT2D eigenvalue weighted by molar-refractivity contribution is 0.243. The fourth-order valence-corrected chi connectivity index (χ4v) is 2.74. The van der Waals surface area contributed by atoms with Crippen LogP contribution >= 0.6 is 11.6 Å². The Hall–Kier alpha value is -0.730. The average molecular weight is 254 g/mol. The van der Waals surface area contributed by atoms with Crippen LogP contribution in [0.2, 0.25) is 5.02 Å². The van der Waals surface area contributed by atoms with Crippen molar-refractivity contribution in [3.05, 3.63) is 29.3 Å². The molecule has 0 saturated carbocycles. The molecule has 3 heteroatoms. The van der Waals surface area contributed by atoms with Crippen molar-refractivity contribution in [3.8, 4) is 5.75 Å². The van der Waals surface area contributed by atoms with Gasteiger partial charge in [0, 0.05) is 17.1 Å². The van der Waals surface area contributed by atoms with E-state index in [9.17, 15) is 0 Å². The van der Waals surface area contributed by atoms with Gasteiger partial charge in [-0.3, -0.25) is 0 Å². The van der Waals surface area contributed by atoms with Crippen LogP contribution in [0.4, 0.5) is 0 Å². The molecule has 2 aliphatic rings. The van der Waals surface area contributed by atoms with Crippen LogP contribution in [0, 0.1) is 0 Å². The highest BCUT2D eigenvalue weighted by molar-refractivity contribution is 6.30. The Morgan fingerprint density at radius 2 is 1.41 bits per heavy atom. The smallest absolute Gasteiger partial charge is 0.115 e. The molecule has 2 fully saturated rings. The Bertz CT molecular complexity index is 298. The molecule has 0 aromatic heterocycles. The van der Waals surface area contributed by atoms with E-state index in [1.54, 1.807) is 24.3 Å². The summed E-state index contributed by atoms with van der Waals surface area (Å²) in [5.74, 6) is 0.245. The van der Waals surface area contributed by atoms with E-state index < -0.39 is 0 Å². The first-order chi connectivity index (χ1) is 8.24. The number of benzene rings is 1. The van der Waals surface area contributed by atoms with Gasteiger partial charge in [0.2, 0.25) is 0 Å². The molecule has 17 heavy (non-hydrogen) atoms. The molecule has 0 amide bonds. The molecule has 0 unspecified atom stereocenters. The second kappa shape index (κ2) is 6.27. The maximum Gasteiger partial charge on any atom is 0.115 e. The van der Waals surface area contributed by atoms with Gasteiger partial charge in [0.1, 0.15) is 5.75 Å². The van der Waals surface area contributed by atoms with Crippen LogP contribution in [0.1, 0.15) is 38.5 Å². The summed E-state index contributed by atoms with van der Waals surface area (Å²) in [7, 11) is 0. The second-order valence-electron chi connectivity index (χ2n) is 4.90. The Kier molecular flexibility index (Phi) is 4.69. The number of nitrogens with one attached hydrogen (secondary N) is 1. The van der Waals surface area contributed by atoms with Crippen molar-refractivity contribution in [2.45, 2.75) is 50.6 Å². The number of rotatable bonds is 0. The molecule has 0 radical (unpaired) electrons. The van der Waals surface area contributed by atoms with Gasteiger partial charge in [0.15, 0.2) is 0 Å². The topological polar surface area (TPSA) is 32.3 Å². The number of fused-ring (bicyclic) bond motifs is 2. The van der Waals surface area contributed by atoms with Gasteiger partial charge in [-0.15, -0.1) is 0 Å². The molecule has 2 nitrogen and oxygen atoms in total. The number of phenols is 1. The number of hydrogen-bond donors (Lipinski definition) is 2. The second-order valence-corrected chi connectivity index (χ2v) is 5.34. The van der Waals surface area contributed by atoms with Crippen molar-refractivity contribution in [1.82, 2.24) is 5.32 Å². The number of aromatic hydroxyl groups is 1. The lowest BCUT2D eigenvalue weighted by Gasteiger charge is -2.35. The summed E-state index contributed by atoms with van der Waals surface area (Å²) in [6, 6.07) is 8.16. The molecule has 94 valence electrons. The monoisotopic (exact) mass is 253 g/mol. The van der Waals surface area contributed by atoms with Crippen LogP contribution in [0.25, 0.3) is 0 Å². The van der Waals surface area contributed by atoms with E-state index in [1.165, 1.54) is 38.5 Å². The van der Waals surface area contributed by atoms with Gasteiger partial charge in [0.05, 0.1) is 0 Å². The number of halogens is 1. The van der Waals surface area contributed by atoms with Crippen LogP contribution in [0.5, 0.6) is 5.75 Å². The minimum Gasteiger partial charge on any atom is -0.508 e. The quantitative estimate of drug-likeness (QED) is 0.739. The van der Waals surface area contributed by atoms with E-state index in [0.717, 1.165) is 12.1 Å². The fourth-order valence-electron chi connectivity index (χ4n) is 2.62. The lowest BCUT2D eigenvalue weighted by atomic mass is 9.87. The Balaban J connectivity index is 0.000000128. The zero-order chi connectivity index (χ0) is 12.1. The van der Waals surface area contributed by atoms with E-state index in [0.29, 0.717) is 5.02 Å². The molecule has 2 bridgehead atoms. The minimum absolute atomic E-state index is 0.245. The van der Waals surface area contributed by atoms with Crippen molar-refractivity contribution in [2.24, 2.45) is 0 Å². The van der Waals surface area contributed by atoms with Crippen molar-refractivity contribution in [3.63, 3.8) is 0 Å². The van der Waals surface area contributed by atoms with Crippen LogP contribution in [-0.2, 0) is 0 Å². The third-order valence-electron chi connectivity index (χ3n) is 3.51. The first-order valence-electron chi connectivity index (χ1n) is 6.44. The molecular weight excluding hydrogens is 234 g/mol. The Morgan fingerprint density at radius 3 is 1.76 bits per heavy atom. The van der Waals surface area contributed by atoms with Crippen LogP contribution in [0.3, 0.4) is 0 Å². The van der Waals surface area contributed by atoms with Crippen molar-refractivity contribution < 1.29 is 5.11 Å². The fraction of sp³-hybridized carbons (Fsp3) is 0.571. The Morgan fingerprint density at radius 1 is 0.941 bits per heavy atom. The zero-order valence-electron chi connectivity index (χ0n) is 10.0. The molecule has 2 heterocycles. The first-order valence-corrected chi connectivity index (χ1v) is 6.82. The summed E-state index contributed by atoms with van der Waals surface area (Å²) >= 11 is 5.50. The van der Waals surface area contributed by atoms with E-state index in [-0.39, 0.29) is 5.75 Å². The van der Waals surface area contributed by atoms with Gasteiger partial charge in [-0.05, 0) is 49.9 Å². The van der Waals surface area contributed by atoms with E-state index >= 15 is 0 Å². The highest BCUT2D eigenvalue weighted by atomic mass is 35.5. The van der Waals surface area contributed by atoms with Crippen molar-refractivity contribution in [2.75, 3.05) is 0 Å². The maximum atomic E-state index is 8.70. The van der Waals surface area contributed by atoms with Crippen molar-refractivity contribution in [1.29, 1.82) is 0 Å². The largest absolute Gasteiger partial charge is 0.508 e. The summed E-state index contributed by atoms with van der Waals surface area (Å²) < 4.78 is 0. The minimum atomic E-state index is 0.245. The third kappa shape index (κ3) is 4.21. The Labute approximate surface area is 108 Å². The standard InChI is InChI=1S/C8H15N.C6H5ClO/c1-3-7-5-2-6-8(4-1)9-7;7-5-1-3-6(8)4-2-5/h7-9H,1-6H2;1-4,8H. The van der Waals surface area contributed by atoms with Crippen LogP contribution in [-0.4, -0.2) is 17.2 Å². The molecule has 2 saturated heterocycles. The van der Waals surface area contributed by atoms with Crippen LogP contribution in [0.15, 0.2) is 24.3 Å². The highest BCUT2D eigenvalue weighted by Crippen LogP contribution is 2.24. The van der Waals surface area contributed by atoms with Gasteiger partial charge in [-0.1, -0.05) is 24.4 Å². The summed E-state index contributed by atoms with van der Waals surface area (Å²) in [5.41, 5.74) is 0. The van der Waals surface area contributed by atoms with E-state index in [1.807, 2.05) is 0 Å². The molecule has 0 atom stereocenters. The van der Waals surface area contributed by atoms with Gasteiger partial charge in [0.25, 0.3) is 0 Å². The van der Waals surface area contributed by atoms with Gasteiger partial charge in [-0.2, -0.15) is 0 Å². The number of phenolic OH excluding ortho intramolecular Hbond substituents is 1. The maximum absolute atomic E-state index is 8.70. The molecule has 2 aliphatic heterocycles. The normalized spacial score (nSPS) is 26.9. The van der Waals surface area contributed by atoms with Gasteiger partial charge in [-0.25, -0.2) is 0 Å². The third-order valence-corrected chi connectivity index (χ3v) is 3.76. The predicted octanol–water partition coefficient (Wildman–Crippen LogP) is 3.73. The molecule has 0 spiro atoms. The predicted molar refractivity (Wildman–Crippen MR) is 71.5 cm³/mol. The lowest BCUT2D eigenvalue weighted by Crippen LogP contribution is -2.45. The number of piperidine rings is 2. The summed E-state index contributed by atoms with van der Waals surface area (Å²) in [4.78, 5) is 0. The summed E-state index contributed by atoms with van der Waals surface area (Å²) in [5, 5.41) is 13.0. The summed E-state index contributed by atoms with van der Waals surface area (Å²) in [6.07, 6.45) is 8.71. The average Bonchev–Trinajstić information content (AvgIpc) is 2.34. The first kappa shape index (κ1) is 12.7. The molecule has 2 N–H and O–H groups in total. The molecular formula is C14H20ClNO. The summed E-state index contributed by atoms with van der Waals surface area (Å²) in [6.45, 7) is 0. The molecule has 0 aliphatic carbocycles. The van der Waals surface area contributed by atoms with E-state index in [4.69, 9.17) is 16.7 Å². The van der Waals surface area contributed by atoms with Gasteiger partial charge < -0.3 is 10.4 Å². The zero-order valence-corrected chi connectivity index (χ0v) is 10.8. The van der Waals surface area contributed by atoms with Crippen molar-refractivity contribution >= 4 is 11.6 Å². The SMILES string of the molecule is C1CC2CCCC(C1)N2.Oc1ccc(Cl)cc1. The number of hydrogen-bond acceptors (Lipinski definition) is 2. The molecule has 1 aromatic carbocycles. The molecule has 1 aromatic rings. The van der Waals surface area contributed by atoms with Crippen LogP contribution < -0.4 is 5.32 Å². The van der Waals surface area contributed by atoms with Gasteiger partial charge >= 0.3 is 0 Å². The van der Waals surface area contributed by atoms with E-state index in [2.05, 4.69) is 5.32 Å². The highest BCUT2D eigenvalue weighted by Gasteiger charge is 2.24.